The molecule has 0 aliphatic rings. The molecule has 2 aromatic carbocycles. The predicted molar refractivity (Wildman–Crippen MR) is 98.8 cm³/mol. The van der Waals surface area contributed by atoms with Crippen LogP contribution in [0.25, 0.3) is 5.69 Å². The molecule has 5 heteroatoms. The zero-order valence-corrected chi connectivity index (χ0v) is 14.7. The van der Waals surface area contributed by atoms with Crippen LogP contribution in [0.1, 0.15) is 34.2 Å². The quantitative estimate of drug-likeness (QED) is 0.705. The summed E-state index contributed by atoms with van der Waals surface area (Å²) in [5.41, 5.74) is 3.54. The lowest BCUT2D eigenvalue weighted by molar-refractivity contribution is 0.0694. The number of carboxylic acids is 1. The molecule has 1 aromatic heterocycles. The minimum absolute atomic E-state index is 0.304. The number of aryl methyl sites for hydroxylation is 2. The summed E-state index contributed by atoms with van der Waals surface area (Å²) in [5, 5.41) is 14.9. The summed E-state index contributed by atoms with van der Waals surface area (Å²) in [6, 6.07) is 17.3. The maximum atomic E-state index is 11.8. The second-order valence-electron chi connectivity index (χ2n) is 5.80. The van der Waals surface area contributed by atoms with E-state index in [9.17, 15) is 9.90 Å². The van der Waals surface area contributed by atoms with Crippen LogP contribution in [0.15, 0.2) is 54.6 Å². The lowest BCUT2D eigenvalue weighted by atomic mass is 10.0. The van der Waals surface area contributed by atoms with Crippen LogP contribution in [0.3, 0.4) is 0 Å². The van der Waals surface area contributed by atoms with Gasteiger partial charge in [-0.3, -0.25) is 0 Å². The van der Waals surface area contributed by atoms with E-state index in [0.29, 0.717) is 34.8 Å². The molecule has 3 rings (SSSR count). The molecule has 4 nitrogen and oxygen atoms in total. The summed E-state index contributed by atoms with van der Waals surface area (Å²) < 4.78 is 1.70. The molecule has 1 N–H and O–H groups in total. The Morgan fingerprint density at radius 1 is 1.12 bits per heavy atom. The third-order valence-corrected chi connectivity index (χ3v) is 4.38. The Morgan fingerprint density at radius 2 is 1.88 bits per heavy atom. The summed E-state index contributed by atoms with van der Waals surface area (Å²) in [7, 11) is 0. The van der Waals surface area contributed by atoms with Gasteiger partial charge >= 0.3 is 5.97 Å². The Morgan fingerprint density at radius 3 is 2.52 bits per heavy atom. The molecule has 25 heavy (non-hydrogen) atoms. The maximum absolute atomic E-state index is 11.8. The van der Waals surface area contributed by atoms with Gasteiger partial charge < -0.3 is 5.11 Å². The van der Waals surface area contributed by atoms with E-state index in [-0.39, 0.29) is 0 Å². The van der Waals surface area contributed by atoms with Crippen molar-refractivity contribution >= 4 is 17.6 Å². The highest BCUT2D eigenvalue weighted by Crippen LogP contribution is 2.23. The van der Waals surface area contributed by atoms with Gasteiger partial charge in [-0.2, -0.15) is 5.10 Å². The molecule has 0 fully saturated rings. The monoisotopic (exact) mass is 354 g/mol. The topological polar surface area (TPSA) is 55.1 Å². The van der Waals surface area contributed by atoms with Crippen LogP contribution in [-0.4, -0.2) is 20.9 Å². The van der Waals surface area contributed by atoms with E-state index < -0.39 is 5.97 Å². The van der Waals surface area contributed by atoms with Gasteiger partial charge in [0.1, 0.15) is 5.56 Å². The van der Waals surface area contributed by atoms with Gasteiger partial charge in [0.05, 0.1) is 17.1 Å². The standard InChI is InChI=1S/C20H19ClN2O2/c1-2-18-19(20(24)25)17(12-11-14-7-4-3-5-8-14)22-23(18)16-10-6-9-15(21)13-16/h3-10,13H,2,11-12H2,1H3,(H,24,25). The number of aromatic nitrogens is 2. The normalized spacial score (nSPS) is 10.8. The van der Waals surface area contributed by atoms with Crippen molar-refractivity contribution in [3.05, 3.63) is 82.1 Å². The second-order valence-corrected chi connectivity index (χ2v) is 6.24. The van der Waals surface area contributed by atoms with E-state index >= 15 is 0 Å². The summed E-state index contributed by atoms with van der Waals surface area (Å²) in [4.78, 5) is 11.8. The number of benzene rings is 2. The summed E-state index contributed by atoms with van der Waals surface area (Å²) in [5.74, 6) is -0.937. The highest BCUT2D eigenvalue weighted by Gasteiger charge is 2.22. The fourth-order valence-corrected chi connectivity index (χ4v) is 3.17. The molecule has 3 aromatic rings. The fraction of sp³-hybridized carbons (Fsp3) is 0.200. The van der Waals surface area contributed by atoms with Crippen molar-refractivity contribution in [3.8, 4) is 5.69 Å². The Bertz CT molecular complexity index is 888. The van der Waals surface area contributed by atoms with Crippen LogP contribution >= 0.6 is 11.6 Å². The van der Waals surface area contributed by atoms with Crippen molar-refractivity contribution in [2.75, 3.05) is 0 Å². The lowest BCUT2D eigenvalue weighted by Gasteiger charge is -2.06. The Balaban J connectivity index is 2.01. The van der Waals surface area contributed by atoms with Gasteiger partial charge in [0.25, 0.3) is 0 Å². The zero-order chi connectivity index (χ0) is 17.8. The number of carboxylic acid groups (broad SMARTS) is 1. The summed E-state index contributed by atoms with van der Waals surface area (Å²) in [6.45, 7) is 1.94. The molecule has 0 radical (unpaired) electrons. The van der Waals surface area contributed by atoms with Crippen LogP contribution in [0.2, 0.25) is 5.02 Å². The lowest BCUT2D eigenvalue weighted by Crippen LogP contribution is -2.06. The van der Waals surface area contributed by atoms with Gasteiger partial charge in [-0.1, -0.05) is 54.9 Å². The fourth-order valence-electron chi connectivity index (χ4n) is 2.98. The van der Waals surface area contributed by atoms with Gasteiger partial charge in [0, 0.05) is 5.02 Å². The molecule has 0 amide bonds. The maximum Gasteiger partial charge on any atom is 0.339 e. The number of rotatable bonds is 6. The third-order valence-electron chi connectivity index (χ3n) is 4.15. The molecule has 0 saturated carbocycles. The van der Waals surface area contributed by atoms with E-state index in [1.807, 2.05) is 49.4 Å². The minimum Gasteiger partial charge on any atom is -0.478 e. The molecule has 0 aliphatic carbocycles. The first-order valence-corrected chi connectivity index (χ1v) is 8.62. The SMILES string of the molecule is CCc1c(C(=O)O)c(CCc2ccccc2)nn1-c1cccc(Cl)c1. The molecule has 0 atom stereocenters. The van der Waals surface area contributed by atoms with Crippen molar-refractivity contribution in [3.63, 3.8) is 0 Å². The number of carbonyl (C=O) groups is 1. The first kappa shape index (κ1) is 17.2. The number of hydrogen-bond donors (Lipinski definition) is 1. The molecule has 0 spiro atoms. The number of nitrogens with zero attached hydrogens (tertiary/aromatic N) is 2. The highest BCUT2D eigenvalue weighted by molar-refractivity contribution is 6.30. The Labute approximate surface area is 151 Å². The third kappa shape index (κ3) is 3.74. The molecule has 1 heterocycles. The van der Waals surface area contributed by atoms with E-state index in [2.05, 4.69) is 5.10 Å². The van der Waals surface area contributed by atoms with E-state index in [0.717, 1.165) is 17.7 Å². The van der Waals surface area contributed by atoms with Gasteiger partial charge in [-0.05, 0) is 43.0 Å². The van der Waals surface area contributed by atoms with Crippen LogP contribution in [-0.2, 0) is 19.3 Å². The van der Waals surface area contributed by atoms with Crippen molar-refractivity contribution in [1.82, 2.24) is 9.78 Å². The smallest absolute Gasteiger partial charge is 0.339 e. The second kappa shape index (κ2) is 7.53. The van der Waals surface area contributed by atoms with Gasteiger partial charge in [-0.25, -0.2) is 9.48 Å². The van der Waals surface area contributed by atoms with Crippen molar-refractivity contribution in [2.45, 2.75) is 26.2 Å². The predicted octanol–water partition coefficient (Wildman–Crippen LogP) is 4.57. The largest absolute Gasteiger partial charge is 0.478 e. The molecule has 0 unspecified atom stereocenters. The van der Waals surface area contributed by atoms with Crippen LogP contribution in [0.5, 0.6) is 0 Å². The average Bonchev–Trinajstić information content (AvgIpc) is 2.99. The molecule has 0 bridgehead atoms. The van der Waals surface area contributed by atoms with Crippen LogP contribution < -0.4 is 0 Å². The summed E-state index contributed by atoms with van der Waals surface area (Å²) >= 11 is 6.08. The first-order valence-electron chi connectivity index (χ1n) is 8.24. The molecule has 128 valence electrons. The number of aromatic carboxylic acids is 1. The number of halogens is 1. The average molecular weight is 355 g/mol. The minimum atomic E-state index is -0.937. The first-order chi connectivity index (χ1) is 12.1. The zero-order valence-electron chi connectivity index (χ0n) is 13.9. The van der Waals surface area contributed by atoms with Gasteiger partial charge in [0.15, 0.2) is 0 Å². The Hall–Kier alpha value is -2.59. The van der Waals surface area contributed by atoms with Gasteiger partial charge in [-0.15, -0.1) is 0 Å². The molecular formula is C20H19ClN2O2. The van der Waals surface area contributed by atoms with Crippen molar-refractivity contribution in [2.24, 2.45) is 0 Å². The molecule has 0 saturated heterocycles. The van der Waals surface area contributed by atoms with Crippen molar-refractivity contribution < 1.29 is 9.90 Å². The van der Waals surface area contributed by atoms with E-state index in [1.165, 1.54) is 0 Å². The number of hydrogen-bond acceptors (Lipinski definition) is 2. The Kier molecular flexibility index (Phi) is 5.19. The van der Waals surface area contributed by atoms with Crippen molar-refractivity contribution in [1.29, 1.82) is 0 Å². The van der Waals surface area contributed by atoms with Crippen LogP contribution in [0.4, 0.5) is 0 Å². The molecular weight excluding hydrogens is 336 g/mol. The van der Waals surface area contributed by atoms with E-state index in [4.69, 9.17) is 11.6 Å². The van der Waals surface area contributed by atoms with Crippen LogP contribution in [0, 0.1) is 0 Å². The highest BCUT2D eigenvalue weighted by atomic mass is 35.5. The molecule has 0 aliphatic heterocycles. The summed E-state index contributed by atoms with van der Waals surface area (Å²) in [6.07, 6.45) is 1.90. The van der Waals surface area contributed by atoms with E-state index in [1.54, 1.807) is 16.8 Å². The van der Waals surface area contributed by atoms with Gasteiger partial charge in [0.2, 0.25) is 0 Å².